The number of likely N-dealkylation sites (N-methyl/N-ethyl adjacent to an activating group) is 1. The second kappa shape index (κ2) is 5.50. The maximum Gasteiger partial charge on any atom is 0.323 e. The summed E-state index contributed by atoms with van der Waals surface area (Å²) in [5.41, 5.74) is 0. The van der Waals surface area contributed by atoms with Gasteiger partial charge in [-0.2, -0.15) is 0 Å². The number of rotatable bonds is 6. The summed E-state index contributed by atoms with van der Waals surface area (Å²) in [6, 6.07) is -0.0102. The normalized spacial score (nSPS) is 20.1. The van der Waals surface area contributed by atoms with Gasteiger partial charge in [-0.15, -0.1) is 0 Å². The van der Waals surface area contributed by atoms with Crippen LogP contribution < -0.4 is 0 Å². The smallest absolute Gasteiger partial charge is 0.323 e. The fourth-order valence-corrected chi connectivity index (χ4v) is 2.00. The zero-order valence-electron chi connectivity index (χ0n) is 10.3. The molecule has 0 aliphatic heterocycles. The van der Waals surface area contributed by atoms with Crippen molar-refractivity contribution in [2.75, 3.05) is 20.7 Å². The van der Waals surface area contributed by atoms with E-state index in [0.29, 0.717) is 11.8 Å². The van der Waals surface area contributed by atoms with E-state index >= 15 is 0 Å². The quantitative estimate of drug-likeness (QED) is 0.631. The number of methoxy groups -OCH3 is 1. The minimum absolute atomic E-state index is 0.0102. The lowest BCUT2D eigenvalue weighted by Gasteiger charge is -2.28. The Balaban J connectivity index is 2.51. The van der Waals surface area contributed by atoms with Crippen molar-refractivity contribution >= 4 is 5.97 Å². The molecule has 15 heavy (non-hydrogen) atoms. The Morgan fingerprint density at radius 3 is 2.53 bits per heavy atom. The van der Waals surface area contributed by atoms with E-state index in [1.807, 2.05) is 7.05 Å². The molecule has 0 aromatic carbocycles. The number of hydrogen-bond acceptors (Lipinski definition) is 3. The zero-order chi connectivity index (χ0) is 11.4. The molecule has 88 valence electrons. The summed E-state index contributed by atoms with van der Waals surface area (Å²) in [7, 11) is 3.51. The highest BCUT2D eigenvalue weighted by atomic mass is 16.5. The number of hydrogen-bond donors (Lipinski definition) is 0. The van der Waals surface area contributed by atoms with E-state index in [-0.39, 0.29) is 12.0 Å². The van der Waals surface area contributed by atoms with E-state index in [4.69, 9.17) is 4.74 Å². The Kier molecular flexibility index (Phi) is 4.58. The summed E-state index contributed by atoms with van der Waals surface area (Å²) in [4.78, 5) is 13.8. The van der Waals surface area contributed by atoms with Gasteiger partial charge in [0.2, 0.25) is 0 Å². The Bertz CT molecular complexity index is 214. The number of nitrogens with zero attached hydrogens (tertiary/aromatic N) is 1. The fourth-order valence-electron chi connectivity index (χ4n) is 2.00. The van der Waals surface area contributed by atoms with Crippen molar-refractivity contribution in [1.82, 2.24) is 4.90 Å². The van der Waals surface area contributed by atoms with Crippen LogP contribution in [0.4, 0.5) is 0 Å². The molecule has 1 fully saturated rings. The monoisotopic (exact) mass is 213 g/mol. The summed E-state index contributed by atoms with van der Waals surface area (Å²) in [5.74, 6) is 1.11. The molecule has 3 heteroatoms. The van der Waals surface area contributed by atoms with Gasteiger partial charge in [-0.25, -0.2) is 0 Å². The van der Waals surface area contributed by atoms with Gasteiger partial charge in [-0.1, -0.05) is 20.3 Å². The standard InChI is InChI=1S/C12H23NO2/c1-5-9(2)8-13(3)11(10-6-7-10)12(14)15-4/h9-11H,5-8H2,1-4H3. The van der Waals surface area contributed by atoms with Crippen LogP contribution in [0.1, 0.15) is 33.1 Å². The van der Waals surface area contributed by atoms with Crippen molar-refractivity contribution in [3.8, 4) is 0 Å². The Morgan fingerprint density at radius 2 is 2.13 bits per heavy atom. The van der Waals surface area contributed by atoms with Crippen molar-refractivity contribution in [3.63, 3.8) is 0 Å². The summed E-state index contributed by atoms with van der Waals surface area (Å²) >= 11 is 0. The molecule has 1 aliphatic carbocycles. The van der Waals surface area contributed by atoms with Crippen LogP contribution in [-0.2, 0) is 9.53 Å². The van der Waals surface area contributed by atoms with Crippen LogP contribution in [0, 0.1) is 11.8 Å². The van der Waals surface area contributed by atoms with E-state index in [2.05, 4.69) is 18.7 Å². The van der Waals surface area contributed by atoms with Gasteiger partial charge in [0.05, 0.1) is 7.11 Å². The minimum Gasteiger partial charge on any atom is -0.468 e. The third-order valence-electron chi connectivity index (χ3n) is 3.28. The van der Waals surface area contributed by atoms with E-state index in [1.54, 1.807) is 0 Å². The van der Waals surface area contributed by atoms with Crippen LogP contribution in [-0.4, -0.2) is 37.6 Å². The lowest BCUT2D eigenvalue weighted by molar-refractivity contribution is -0.147. The van der Waals surface area contributed by atoms with Gasteiger partial charge in [0.1, 0.15) is 6.04 Å². The van der Waals surface area contributed by atoms with Crippen LogP contribution >= 0.6 is 0 Å². The van der Waals surface area contributed by atoms with Gasteiger partial charge >= 0.3 is 5.97 Å². The number of carbonyl (C=O) groups is 1. The van der Waals surface area contributed by atoms with Crippen molar-refractivity contribution in [1.29, 1.82) is 0 Å². The summed E-state index contributed by atoms with van der Waals surface area (Å²) < 4.78 is 4.87. The minimum atomic E-state index is -0.0664. The van der Waals surface area contributed by atoms with Crippen molar-refractivity contribution < 1.29 is 9.53 Å². The first-order valence-corrected chi connectivity index (χ1v) is 5.88. The molecule has 0 saturated heterocycles. The third kappa shape index (κ3) is 3.49. The molecule has 0 heterocycles. The Morgan fingerprint density at radius 1 is 1.53 bits per heavy atom. The molecule has 0 radical (unpaired) electrons. The summed E-state index contributed by atoms with van der Waals surface area (Å²) in [6.07, 6.45) is 3.50. The number of esters is 1. The summed E-state index contributed by atoms with van der Waals surface area (Å²) in [5, 5.41) is 0. The van der Waals surface area contributed by atoms with Crippen LogP contribution in [0.3, 0.4) is 0 Å². The van der Waals surface area contributed by atoms with Gasteiger partial charge in [0.15, 0.2) is 0 Å². The second-order valence-corrected chi connectivity index (χ2v) is 4.76. The number of carbonyl (C=O) groups excluding carboxylic acids is 1. The molecule has 3 nitrogen and oxygen atoms in total. The van der Waals surface area contributed by atoms with E-state index in [1.165, 1.54) is 20.0 Å². The Labute approximate surface area is 92.8 Å². The van der Waals surface area contributed by atoms with Crippen LogP contribution in [0.25, 0.3) is 0 Å². The summed E-state index contributed by atoms with van der Waals surface area (Å²) in [6.45, 7) is 5.38. The maximum absolute atomic E-state index is 11.6. The lowest BCUT2D eigenvalue weighted by Crippen LogP contribution is -2.42. The third-order valence-corrected chi connectivity index (χ3v) is 3.28. The molecule has 0 bridgehead atoms. The maximum atomic E-state index is 11.6. The number of ether oxygens (including phenoxy) is 1. The van der Waals surface area contributed by atoms with E-state index < -0.39 is 0 Å². The first kappa shape index (κ1) is 12.5. The van der Waals surface area contributed by atoms with Crippen molar-refractivity contribution in [2.24, 2.45) is 11.8 Å². The molecule has 1 saturated carbocycles. The van der Waals surface area contributed by atoms with Crippen molar-refractivity contribution in [3.05, 3.63) is 0 Å². The zero-order valence-corrected chi connectivity index (χ0v) is 10.3. The highest BCUT2D eigenvalue weighted by Crippen LogP contribution is 2.35. The molecule has 0 amide bonds. The van der Waals surface area contributed by atoms with Gasteiger partial charge in [0, 0.05) is 6.54 Å². The Hall–Kier alpha value is -0.570. The molecule has 1 aliphatic rings. The first-order valence-electron chi connectivity index (χ1n) is 5.88. The predicted octanol–water partition coefficient (Wildman–Crippen LogP) is 1.92. The molecular formula is C12H23NO2. The lowest BCUT2D eigenvalue weighted by atomic mass is 10.1. The second-order valence-electron chi connectivity index (χ2n) is 4.76. The topological polar surface area (TPSA) is 29.5 Å². The molecule has 1 rings (SSSR count). The van der Waals surface area contributed by atoms with Crippen LogP contribution in [0.15, 0.2) is 0 Å². The fraction of sp³-hybridized carbons (Fsp3) is 0.917. The van der Waals surface area contributed by atoms with Gasteiger partial charge in [-0.3, -0.25) is 9.69 Å². The predicted molar refractivity (Wildman–Crippen MR) is 60.6 cm³/mol. The van der Waals surface area contributed by atoms with Gasteiger partial charge in [0.25, 0.3) is 0 Å². The highest BCUT2D eigenvalue weighted by Gasteiger charge is 2.39. The highest BCUT2D eigenvalue weighted by molar-refractivity contribution is 5.76. The molecular weight excluding hydrogens is 190 g/mol. The molecule has 2 unspecified atom stereocenters. The molecule has 0 spiro atoms. The van der Waals surface area contributed by atoms with E-state index in [0.717, 1.165) is 13.0 Å². The SMILES string of the molecule is CCC(C)CN(C)C(C(=O)OC)C1CC1. The molecule has 0 aromatic rings. The molecule has 2 atom stereocenters. The van der Waals surface area contributed by atoms with Crippen LogP contribution in [0.5, 0.6) is 0 Å². The van der Waals surface area contributed by atoms with Gasteiger partial charge in [-0.05, 0) is 31.7 Å². The first-order chi connectivity index (χ1) is 7.10. The largest absolute Gasteiger partial charge is 0.468 e. The van der Waals surface area contributed by atoms with E-state index in [9.17, 15) is 4.79 Å². The van der Waals surface area contributed by atoms with Gasteiger partial charge < -0.3 is 4.74 Å². The average Bonchev–Trinajstić information content (AvgIpc) is 3.01. The molecule has 0 N–H and O–H groups in total. The average molecular weight is 213 g/mol. The van der Waals surface area contributed by atoms with Crippen molar-refractivity contribution in [2.45, 2.75) is 39.2 Å². The molecule has 0 aromatic heterocycles. The van der Waals surface area contributed by atoms with Crippen LogP contribution in [0.2, 0.25) is 0 Å².